The average Bonchev–Trinajstić information content (AvgIpc) is 3.39. The number of aliphatic imine (C=N–C) groups is 1. The fraction of sp³-hybridized carbons (Fsp3) is 0.440. The molecule has 2 aliphatic rings. The Kier molecular flexibility index (Phi) is 8.71. The molecule has 0 radical (unpaired) electrons. The number of carbonyl (C=O) groups is 2. The molecule has 1 aliphatic carbocycles. The Morgan fingerprint density at radius 3 is 2.72 bits per heavy atom. The number of esters is 1. The number of halogens is 2. The first-order valence-electron chi connectivity index (χ1n) is 11.9. The van der Waals surface area contributed by atoms with Crippen molar-refractivity contribution < 1.29 is 23.8 Å². The number of nitrogens with zero attached hydrogens (tertiary/aromatic N) is 2. The molecule has 0 bridgehead atoms. The van der Waals surface area contributed by atoms with Crippen molar-refractivity contribution in [3.8, 4) is 0 Å². The summed E-state index contributed by atoms with van der Waals surface area (Å²) in [5.41, 5.74) is 1.14. The van der Waals surface area contributed by atoms with E-state index in [1.165, 1.54) is 29.5 Å². The fourth-order valence-corrected chi connectivity index (χ4v) is 5.58. The van der Waals surface area contributed by atoms with E-state index in [0.29, 0.717) is 41.7 Å². The molecule has 1 aromatic heterocycles. The molecule has 1 aromatic carbocycles. The molecule has 0 amide bonds. The smallest absolute Gasteiger partial charge is 0.335 e. The van der Waals surface area contributed by atoms with Crippen LogP contribution in [0.25, 0.3) is 0 Å². The minimum absolute atomic E-state index is 0.0357. The van der Waals surface area contributed by atoms with E-state index in [1.54, 1.807) is 13.1 Å². The lowest BCUT2D eigenvalue weighted by atomic mass is 9.80. The van der Waals surface area contributed by atoms with E-state index in [4.69, 9.17) is 16.3 Å². The molecule has 192 valence electrons. The number of carboxylic acid groups (broad SMARTS) is 1. The Bertz CT molecular complexity index is 1160. The van der Waals surface area contributed by atoms with Crippen molar-refractivity contribution in [2.75, 3.05) is 13.2 Å². The zero-order chi connectivity index (χ0) is 25.7. The van der Waals surface area contributed by atoms with Crippen LogP contribution in [0.15, 0.2) is 46.0 Å². The standard InChI is InChI=1S/C25H28ClFN4O4S/c1-2-35-19(32)9-10-28-16-6-3-14(4-7-16)21-20(25(33)34)22(17-8-5-15(27)13-18(17)26)31-23(30-21)24-29-11-12-36-24/h5,8,11-14,16,22,28H,2-4,6-7,9-10H2,1H3,(H,30,31)(H,33,34). The Morgan fingerprint density at radius 2 is 2.08 bits per heavy atom. The van der Waals surface area contributed by atoms with Gasteiger partial charge in [-0.2, -0.15) is 0 Å². The number of benzene rings is 1. The zero-order valence-electron chi connectivity index (χ0n) is 19.8. The molecule has 0 saturated heterocycles. The molecule has 11 heteroatoms. The molecular weight excluding hydrogens is 507 g/mol. The van der Waals surface area contributed by atoms with E-state index < -0.39 is 17.8 Å². The number of ether oxygens (including phenoxy) is 1. The first-order valence-corrected chi connectivity index (χ1v) is 13.2. The molecule has 1 unspecified atom stereocenters. The molecule has 1 aliphatic heterocycles. The second-order valence-electron chi connectivity index (χ2n) is 8.70. The highest BCUT2D eigenvalue weighted by Crippen LogP contribution is 2.40. The van der Waals surface area contributed by atoms with Gasteiger partial charge in [0.1, 0.15) is 11.9 Å². The van der Waals surface area contributed by atoms with Crippen LogP contribution in [0, 0.1) is 11.7 Å². The number of amidine groups is 1. The summed E-state index contributed by atoms with van der Waals surface area (Å²) in [6.45, 7) is 2.70. The lowest BCUT2D eigenvalue weighted by molar-refractivity contribution is -0.143. The average molecular weight is 535 g/mol. The van der Waals surface area contributed by atoms with Crippen LogP contribution < -0.4 is 10.6 Å². The second kappa shape index (κ2) is 11.9. The van der Waals surface area contributed by atoms with Crippen molar-refractivity contribution in [1.82, 2.24) is 15.6 Å². The number of hydrogen-bond donors (Lipinski definition) is 3. The molecule has 1 atom stereocenters. The van der Waals surface area contributed by atoms with E-state index in [2.05, 4.69) is 20.6 Å². The van der Waals surface area contributed by atoms with Crippen LogP contribution in [0.4, 0.5) is 4.39 Å². The van der Waals surface area contributed by atoms with Gasteiger partial charge in [-0.05, 0) is 50.7 Å². The summed E-state index contributed by atoms with van der Waals surface area (Å²) in [7, 11) is 0. The van der Waals surface area contributed by atoms with Crippen LogP contribution in [-0.2, 0) is 14.3 Å². The summed E-state index contributed by atoms with van der Waals surface area (Å²) < 4.78 is 18.7. The number of allylic oxidation sites excluding steroid dienone is 1. The Labute approximate surface area is 217 Å². The summed E-state index contributed by atoms with van der Waals surface area (Å²) in [5.74, 6) is -1.38. The molecule has 1 fully saturated rings. The highest BCUT2D eigenvalue weighted by molar-refractivity contribution is 7.11. The second-order valence-corrected chi connectivity index (χ2v) is 10.0. The minimum Gasteiger partial charge on any atom is -0.478 e. The number of aromatic nitrogens is 1. The third-order valence-electron chi connectivity index (χ3n) is 6.40. The zero-order valence-corrected chi connectivity index (χ0v) is 21.4. The number of nitrogens with one attached hydrogen (secondary N) is 2. The van der Waals surface area contributed by atoms with Crippen molar-refractivity contribution in [2.24, 2.45) is 10.9 Å². The predicted molar refractivity (Wildman–Crippen MR) is 136 cm³/mol. The highest BCUT2D eigenvalue weighted by atomic mass is 35.5. The Morgan fingerprint density at radius 1 is 1.31 bits per heavy atom. The summed E-state index contributed by atoms with van der Waals surface area (Å²) in [5, 5.41) is 19.5. The predicted octanol–water partition coefficient (Wildman–Crippen LogP) is 4.47. The lowest BCUT2D eigenvalue weighted by Crippen LogP contribution is -2.40. The van der Waals surface area contributed by atoms with Gasteiger partial charge in [-0.1, -0.05) is 17.7 Å². The SMILES string of the molecule is CCOC(=O)CCNC1CCC(C2=C(C(=O)O)C(c3ccc(F)cc3Cl)N=C(c3nccs3)N2)CC1. The molecule has 4 rings (SSSR count). The van der Waals surface area contributed by atoms with Crippen molar-refractivity contribution >= 4 is 40.7 Å². The van der Waals surface area contributed by atoms with Gasteiger partial charge in [-0.25, -0.2) is 14.2 Å². The topological polar surface area (TPSA) is 113 Å². The maximum absolute atomic E-state index is 13.7. The van der Waals surface area contributed by atoms with Gasteiger partial charge in [0.15, 0.2) is 10.8 Å². The monoisotopic (exact) mass is 534 g/mol. The largest absolute Gasteiger partial charge is 0.478 e. The Balaban J connectivity index is 1.57. The number of hydrogen-bond acceptors (Lipinski definition) is 8. The van der Waals surface area contributed by atoms with Gasteiger partial charge >= 0.3 is 11.9 Å². The van der Waals surface area contributed by atoms with Crippen molar-refractivity contribution in [3.63, 3.8) is 0 Å². The molecule has 36 heavy (non-hydrogen) atoms. The third-order valence-corrected chi connectivity index (χ3v) is 7.51. The third kappa shape index (κ3) is 6.11. The number of rotatable bonds is 9. The van der Waals surface area contributed by atoms with E-state index >= 15 is 0 Å². The molecule has 1 saturated carbocycles. The quantitative estimate of drug-likeness (QED) is 0.407. The van der Waals surface area contributed by atoms with Crippen LogP contribution in [0.5, 0.6) is 0 Å². The summed E-state index contributed by atoms with van der Waals surface area (Å²) in [6.07, 6.45) is 5.15. The first kappa shape index (κ1) is 26.2. The summed E-state index contributed by atoms with van der Waals surface area (Å²) in [4.78, 5) is 33.1. The normalized spacial score (nSPS) is 22.1. The van der Waals surface area contributed by atoms with Gasteiger partial charge in [0.2, 0.25) is 0 Å². The number of carbonyl (C=O) groups excluding carboxylic acids is 1. The van der Waals surface area contributed by atoms with Crippen LogP contribution >= 0.6 is 22.9 Å². The fourth-order valence-electron chi connectivity index (χ4n) is 4.72. The van der Waals surface area contributed by atoms with Crippen LogP contribution in [0.3, 0.4) is 0 Å². The van der Waals surface area contributed by atoms with Crippen molar-refractivity contribution in [3.05, 3.63) is 62.5 Å². The molecule has 0 spiro atoms. The summed E-state index contributed by atoms with van der Waals surface area (Å²) in [6, 6.07) is 3.26. The Hall–Kier alpha value is -2.82. The maximum atomic E-state index is 13.7. The maximum Gasteiger partial charge on any atom is 0.335 e. The van der Waals surface area contributed by atoms with Crippen LogP contribution in [0.2, 0.25) is 5.02 Å². The lowest BCUT2D eigenvalue weighted by Gasteiger charge is -2.35. The molecule has 2 aromatic rings. The highest BCUT2D eigenvalue weighted by Gasteiger charge is 2.37. The van der Waals surface area contributed by atoms with Gasteiger partial charge in [0.25, 0.3) is 0 Å². The van der Waals surface area contributed by atoms with Gasteiger partial charge < -0.3 is 20.5 Å². The van der Waals surface area contributed by atoms with Crippen LogP contribution in [0.1, 0.15) is 55.6 Å². The summed E-state index contributed by atoms with van der Waals surface area (Å²) >= 11 is 7.74. The van der Waals surface area contributed by atoms with Gasteiger partial charge in [-0.3, -0.25) is 9.79 Å². The van der Waals surface area contributed by atoms with Crippen LogP contribution in [-0.4, -0.2) is 47.1 Å². The number of aliphatic carboxylic acids is 1. The van der Waals surface area contributed by atoms with Gasteiger partial charge in [-0.15, -0.1) is 11.3 Å². The molecule has 2 heterocycles. The number of carboxylic acids is 1. The van der Waals surface area contributed by atoms with E-state index in [1.807, 2.05) is 5.38 Å². The van der Waals surface area contributed by atoms with E-state index in [0.717, 1.165) is 25.7 Å². The van der Waals surface area contributed by atoms with E-state index in [9.17, 15) is 19.1 Å². The van der Waals surface area contributed by atoms with Crippen molar-refractivity contribution in [1.29, 1.82) is 0 Å². The van der Waals surface area contributed by atoms with Gasteiger partial charge in [0, 0.05) is 40.4 Å². The van der Waals surface area contributed by atoms with Crippen molar-refractivity contribution in [2.45, 2.75) is 51.1 Å². The molecular formula is C25H28ClFN4O4S. The van der Waals surface area contributed by atoms with Gasteiger partial charge in [0.05, 0.1) is 18.6 Å². The number of thiazole rings is 1. The molecule has 3 N–H and O–H groups in total. The van der Waals surface area contributed by atoms with E-state index in [-0.39, 0.29) is 28.5 Å². The first-order chi connectivity index (χ1) is 17.4. The minimum atomic E-state index is -1.10. The molecule has 8 nitrogen and oxygen atoms in total.